The largest absolute Gasteiger partial charge is 0.476 e. The molecule has 138 valence electrons. The Bertz CT molecular complexity index is 802. The van der Waals surface area contributed by atoms with Gasteiger partial charge in [0.25, 0.3) is 0 Å². The second kappa shape index (κ2) is 8.16. The Morgan fingerprint density at radius 3 is 2.69 bits per heavy atom. The van der Waals surface area contributed by atoms with Crippen LogP contribution >= 0.6 is 22.9 Å². The van der Waals surface area contributed by atoms with E-state index in [1.165, 1.54) is 16.7 Å². The van der Waals surface area contributed by atoms with E-state index in [0.29, 0.717) is 49.1 Å². The lowest BCUT2D eigenvalue weighted by molar-refractivity contribution is -0.130. The second-order valence-corrected chi connectivity index (χ2v) is 7.46. The number of aromatic carboxylic acids is 1. The van der Waals surface area contributed by atoms with Gasteiger partial charge in [-0.3, -0.25) is 4.79 Å². The number of nitrogens with zero attached hydrogens (tertiary/aromatic N) is 1. The van der Waals surface area contributed by atoms with Gasteiger partial charge in [-0.2, -0.15) is 0 Å². The molecule has 1 amide bonds. The lowest BCUT2D eigenvalue weighted by atomic mass is 9.73. The summed E-state index contributed by atoms with van der Waals surface area (Å²) in [7, 11) is 0. The van der Waals surface area contributed by atoms with Crippen molar-refractivity contribution in [3.63, 3.8) is 0 Å². The highest BCUT2D eigenvalue weighted by atomic mass is 35.5. The van der Waals surface area contributed by atoms with Gasteiger partial charge >= 0.3 is 5.97 Å². The summed E-state index contributed by atoms with van der Waals surface area (Å²) in [6.45, 7) is 1.40. The first-order valence-corrected chi connectivity index (χ1v) is 9.57. The molecule has 8 heteroatoms. The van der Waals surface area contributed by atoms with Crippen molar-refractivity contribution in [2.75, 3.05) is 19.8 Å². The summed E-state index contributed by atoms with van der Waals surface area (Å²) in [5.74, 6) is -1.12. The van der Waals surface area contributed by atoms with Gasteiger partial charge in [-0.1, -0.05) is 29.8 Å². The fraction of sp³-hybridized carbons (Fsp3) is 0.389. The van der Waals surface area contributed by atoms with E-state index in [1.54, 1.807) is 6.07 Å². The molecule has 1 aliphatic rings. The fourth-order valence-electron chi connectivity index (χ4n) is 3.16. The summed E-state index contributed by atoms with van der Waals surface area (Å²) >= 11 is 7.65. The third kappa shape index (κ3) is 3.90. The third-order valence-corrected chi connectivity index (χ3v) is 5.80. The van der Waals surface area contributed by atoms with Crippen LogP contribution in [-0.4, -0.2) is 41.7 Å². The molecule has 0 unspecified atom stereocenters. The topological polar surface area (TPSA) is 88.5 Å². The van der Waals surface area contributed by atoms with E-state index in [0.717, 1.165) is 5.56 Å². The van der Waals surface area contributed by atoms with Gasteiger partial charge in [-0.05, 0) is 24.5 Å². The molecule has 0 saturated carbocycles. The van der Waals surface area contributed by atoms with E-state index >= 15 is 0 Å². The van der Waals surface area contributed by atoms with Gasteiger partial charge in [0.05, 0.1) is 10.4 Å². The molecule has 1 aromatic carbocycles. The van der Waals surface area contributed by atoms with Gasteiger partial charge in [0, 0.05) is 36.6 Å². The van der Waals surface area contributed by atoms with Crippen LogP contribution in [0.4, 0.5) is 0 Å². The lowest BCUT2D eigenvalue weighted by Gasteiger charge is -2.36. The number of rotatable bonds is 6. The molecule has 2 heterocycles. The van der Waals surface area contributed by atoms with E-state index in [-0.39, 0.29) is 11.6 Å². The number of nitrogens with one attached hydrogen (secondary N) is 1. The van der Waals surface area contributed by atoms with Crippen molar-refractivity contribution in [2.45, 2.75) is 24.7 Å². The molecule has 1 fully saturated rings. The summed E-state index contributed by atoms with van der Waals surface area (Å²) < 4.78 is 5.45. The minimum Gasteiger partial charge on any atom is -0.476 e. The number of benzene rings is 1. The molecule has 2 aromatic rings. The van der Waals surface area contributed by atoms with Crippen LogP contribution < -0.4 is 5.32 Å². The summed E-state index contributed by atoms with van der Waals surface area (Å²) in [6.07, 6.45) is 1.63. The van der Waals surface area contributed by atoms with Crippen molar-refractivity contribution in [2.24, 2.45) is 0 Å². The van der Waals surface area contributed by atoms with Crippen LogP contribution in [0.2, 0.25) is 5.02 Å². The SMILES string of the molecule is O=C(O)c1csc(CCNC(=O)C2(c3ccccc3Cl)CCOCC2)n1. The number of carbonyl (C=O) groups is 2. The number of hydrogen-bond acceptors (Lipinski definition) is 5. The highest BCUT2D eigenvalue weighted by Gasteiger charge is 2.42. The van der Waals surface area contributed by atoms with Gasteiger partial charge < -0.3 is 15.2 Å². The van der Waals surface area contributed by atoms with Crippen molar-refractivity contribution >= 4 is 34.8 Å². The highest BCUT2D eigenvalue weighted by molar-refractivity contribution is 7.09. The standard InChI is InChI=1S/C18H19ClN2O4S/c19-13-4-2-1-3-12(13)18(6-9-25-10-7-18)17(24)20-8-5-15-21-14(11-26-15)16(22)23/h1-4,11H,5-10H2,(H,20,24)(H,22,23). The minimum absolute atomic E-state index is 0.0355. The van der Waals surface area contributed by atoms with Crippen LogP contribution in [0.25, 0.3) is 0 Å². The molecule has 1 aromatic heterocycles. The number of carboxylic acids is 1. The lowest BCUT2D eigenvalue weighted by Crippen LogP contribution is -2.48. The van der Waals surface area contributed by atoms with Crippen LogP contribution in [0.1, 0.15) is 33.9 Å². The van der Waals surface area contributed by atoms with Crippen LogP contribution in [0.5, 0.6) is 0 Å². The van der Waals surface area contributed by atoms with Crippen LogP contribution in [0.3, 0.4) is 0 Å². The fourth-order valence-corrected chi connectivity index (χ4v) is 4.25. The van der Waals surface area contributed by atoms with E-state index in [1.807, 2.05) is 18.2 Å². The zero-order chi connectivity index (χ0) is 18.6. The molecule has 1 saturated heterocycles. The Morgan fingerprint density at radius 1 is 1.31 bits per heavy atom. The van der Waals surface area contributed by atoms with E-state index in [4.69, 9.17) is 21.4 Å². The van der Waals surface area contributed by atoms with Gasteiger partial charge in [0.2, 0.25) is 5.91 Å². The van der Waals surface area contributed by atoms with Crippen molar-refractivity contribution < 1.29 is 19.4 Å². The number of carbonyl (C=O) groups excluding carboxylic acids is 1. The van der Waals surface area contributed by atoms with Crippen molar-refractivity contribution in [3.05, 3.63) is 50.9 Å². The highest BCUT2D eigenvalue weighted by Crippen LogP contribution is 2.38. The van der Waals surface area contributed by atoms with Crippen molar-refractivity contribution in [1.82, 2.24) is 10.3 Å². The minimum atomic E-state index is -1.04. The summed E-state index contributed by atoms with van der Waals surface area (Å²) in [5, 5.41) is 14.7. The number of thiazole rings is 1. The predicted octanol–water partition coefficient (Wildman–Crippen LogP) is 2.90. The summed E-state index contributed by atoms with van der Waals surface area (Å²) in [4.78, 5) is 28.0. The first kappa shape index (κ1) is 18.8. The molecule has 3 rings (SSSR count). The maximum absolute atomic E-state index is 13.0. The quantitative estimate of drug-likeness (QED) is 0.786. The van der Waals surface area contributed by atoms with Crippen LogP contribution in [0.15, 0.2) is 29.6 Å². The molecule has 0 spiro atoms. The normalized spacial score (nSPS) is 16.2. The number of hydrogen-bond donors (Lipinski definition) is 2. The number of halogens is 1. The van der Waals surface area contributed by atoms with Crippen molar-refractivity contribution in [3.8, 4) is 0 Å². The van der Waals surface area contributed by atoms with Gasteiger partial charge in [0.15, 0.2) is 5.69 Å². The zero-order valence-electron chi connectivity index (χ0n) is 14.0. The van der Waals surface area contributed by atoms with E-state index in [9.17, 15) is 9.59 Å². The molecule has 0 atom stereocenters. The average molecular weight is 395 g/mol. The van der Waals surface area contributed by atoms with Gasteiger partial charge in [-0.15, -0.1) is 11.3 Å². The number of aromatic nitrogens is 1. The van der Waals surface area contributed by atoms with Crippen molar-refractivity contribution in [1.29, 1.82) is 0 Å². The molecule has 0 aliphatic carbocycles. The summed E-state index contributed by atoms with van der Waals surface area (Å²) in [5.41, 5.74) is 0.157. The molecule has 26 heavy (non-hydrogen) atoms. The van der Waals surface area contributed by atoms with E-state index in [2.05, 4.69) is 10.3 Å². The van der Waals surface area contributed by atoms with Crippen LogP contribution in [0, 0.1) is 0 Å². The monoisotopic (exact) mass is 394 g/mol. The summed E-state index contributed by atoms with van der Waals surface area (Å²) in [6, 6.07) is 7.42. The predicted molar refractivity (Wildman–Crippen MR) is 99.0 cm³/mol. The Morgan fingerprint density at radius 2 is 2.04 bits per heavy atom. The molecular formula is C18H19ClN2O4S. The van der Waals surface area contributed by atoms with E-state index < -0.39 is 11.4 Å². The average Bonchev–Trinajstić information content (AvgIpc) is 3.12. The Kier molecular flexibility index (Phi) is 5.90. The Balaban J connectivity index is 1.70. The molecule has 0 bridgehead atoms. The molecule has 2 N–H and O–H groups in total. The van der Waals surface area contributed by atoms with Gasteiger partial charge in [0.1, 0.15) is 0 Å². The van der Waals surface area contributed by atoms with Crippen LogP contribution in [-0.2, 0) is 21.4 Å². The number of ether oxygens (including phenoxy) is 1. The first-order valence-electron chi connectivity index (χ1n) is 8.32. The smallest absolute Gasteiger partial charge is 0.355 e. The Hall–Kier alpha value is -1.96. The molecule has 1 aliphatic heterocycles. The maximum atomic E-state index is 13.0. The zero-order valence-corrected chi connectivity index (χ0v) is 15.6. The molecule has 0 radical (unpaired) electrons. The number of carboxylic acid groups (broad SMARTS) is 1. The maximum Gasteiger partial charge on any atom is 0.355 e. The molecule has 6 nitrogen and oxygen atoms in total. The third-order valence-electron chi connectivity index (χ3n) is 4.57. The number of amides is 1. The first-order chi connectivity index (χ1) is 12.5. The van der Waals surface area contributed by atoms with Gasteiger partial charge in [-0.25, -0.2) is 9.78 Å². The Labute approximate surface area is 160 Å². The molecular weight excluding hydrogens is 376 g/mol. The second-order valence-electron chi connectivity index (χ2n) is 6.11.